The lowest BCUT2D eigenvalue weighted by Gasteiger charge is -2.23. The van der Waals surface area contributed by atoms with E-state index in [2.05, 4.69) is 4.74 Å². The van der Waals surface area contributed by atoms with Crippen LogP contribution in [0.3, 0.4) is 0 Å². The van der Waals surface area contributed by atoms with Gasteiger partial charge in [0.05, 0.1) is 18.6 Å². The zero-order valence-electron chi connectivity index (χ0n) is 10.3. The summed E-state index contributed by atoms with van der Waals surface area (Å²) in [6.07, 6.45) is -1.61. The smallest absolute Gasteiger partial charge is 0.406 e. The number of benzene rings is 1. The van der Waals surface area contributed by atoms with Crippen molar-refractivity contribution in [3.05, 3.63) is 29.8 Å². The molecule has 0 saturated heterocycles. The minimum atomic E-state index is -5.14. The lowest BCUT2D eigenvalue weighted by Crippen LogP contribution is -2.44. The van der Waals surface area contributed by atoms with Crippen LogP contribution in [0.25, 0.3) is 0 Å². The number of hydrogen-bond donors (Lipinski definition) is 2. The Morgan fingerprint density at radius 1 is 1.19 bits per heavy atom. The Balaban J connectivity index is 2.58. The molecule has 1 aromatic carbocycles. The van der Waals surface area contributed by atoms with Gasteiger partial charge in [0.25, 0.3) is 0 Å². The number of carbonyl (C=O) groups excluding carboxylic acids is 1. The van der Waals surface area contributed by atoms with Crippen molar-refractivity contribution >= 4 is 17.0 Å². The quantitative estimate of drug-likeness (QED) is 0.475. The minimum absolute atomic E-state index is 0.0754. The Morgan fingerprint density at radius 2 is 1.71 bits per heavy atom. The Bertz CT molecular complexity index is 532. The van der Waals surface area contributed by atoms with Gasteiger partial charge in [-0.15, -0.1) is 0 Å². The monoisotopic (exact) mass is 330 g/mol. The molecule has 118 valence electrons. The molecule has 0 aliphatic rings. The van der Waals surface area contributed by atoms with Gasteiger partial charge in [-0.25, -0.2) is 9.00 Å². The summed E-state index contributed by atoms with van der Waals surface area (Å²) in [7, 11) is 0. The number of alkyl halides is 4. The van der Waals surface area contributed by atoms with Crippen molar-refractivity contribution in [3.63, 3.8) is 0 Å². The summed E-state index contributed by atoms with van der Waals surface area (Å²) in [6, 6.07) is 4.59. The van der Waals surface area contributed by atoms with Crippen LogP contribution in [0.1, 0.15) is 16.8 Å². The van der Waals surface area contributed by atoms with Crippen LogP contribution in [0.15, 0.2) is 24.3 Å². The Morgan fingerprint density at radius 3 is 2.19 bits per heavy atom. The van der Waals surface area contributed by atoms with E-state index in [9.17, 15) is 26.6 Å². The lowest BCUT2D eigenvalue weighted by atomic mass is 10.2. The van der Waals surface area contributed by atoms with Gasteiger partial charge in [-0.3, -0.25) is 0 Å². The van der Waals surface area contributed by atoms with E-state index in [1.54, 1.807) is 0 Å². The van der Waals surface area contributed by atoms with Gasteiger partial charge in [0.15, 0.2) is 0 Å². The fraction of sp³-hybridized carbons (Fsp3) is 0.364. The van der Waals surface area contributed by atoms with E-state index in [0.717, 1.165) is 24.3 Å². The summed E-state index contributed by atoms with van der Waals surface area (Å²) in [5.74, 6) is -6.00. The fourth-order valence-electron chi connectivity index (χ4n) is 1.23. The van der Waals surface area contributed by atoms with Gasteiger partial charge in [0.2, 0.25) is 11.1 Å². The van der Waals surface area contributed by atoms with Crippen molar-refractivity contribution in [2.45, 2.75) is 17.6 Å². The second-order valence-electron chi connectivity index (χ2n) is 3.90. The molecule has 2 N–H and O–H groups in total. The molecule has 5 nitrogen and oxygen atoms in total. The van der Waals surface area contributed by atoms with Gasteiger partial charge in [-0.05, 0) is 24.3 Å². The molecule has 0 bridgehead atoms. The predicted octanol–water partition coefficient (Wildman–Crippen LogP) is 2.39. The van der Waals surface area contributed by atoms with E-state index < -0.39 is 41.3 Å². The topological polar surface area (TPSA) is 83.8 Å². The lowest BCUT2D eigenvalue weighted by molar-refractivity contribution is -0.165. The number of aromatic hydroxyl groups is 1. The van der Waals surface area contributed by atoms with Crippen LogP contribution in [0.2, 0.25) is 0 Å². The SMILES string of the molecule is O=C(OCCC(F)(F)C(F)(F)S(=O)O)c1ccc(O)cc1. The Hall–Kier alpha value is -1.68. The molecular weight excluding hydrogens is 320 g/mol. The molecule has 0 aromatic heterocycles. The summed E-state index contributed by atoms with van der Waals surface area (Å²) in [6.45, 7) is -1.07. The minimum Gasteiger partial charge on any atom is -0.508 e. The number of halogens is 4. The van der Waals surface area contributed by atoms with E-state index in [1.807, 2.05) is 0 Å². The maximum atomic E-state index is 13.0. The van der Waals surface area contributed by atoms with Crippen LogP contribution in [0.5, 0.6) is 5.75 Å². The number of carbonyl (C=O) groups is 1. The summed E-state index contributed by atoms with van der Waals surface area (Å²) in [4.78, 5) is 11.4. The van der Waals surface area contributed by atoms with E-state index in [0.29, 0.717) is 0 Å². The van der Waals surface area contributed by atoms with E-state index in [-0.39, 0.29) is 11.3 Å². The van der Waals surface area contributed by atoms with Crippen molar-refractivity contribution in [1.29, 1.82) is 0 Å². The molecule has 1 unspecified atom stereocenters. The molecule has 0 aliphatic heterocycles. The number of rotatable bonds is 6. The maximum Gasteiger partial charge on any atom is 0.406 e. The van der Waals surface area contributed by atoms with Crippen LogP contribution < -0.4 is 0 Å². The highest BCUT2D eigenvalue weighted by Gasteiger charge is 2.60. The van der Waals surface area contributed by atoms with Crippen molar-refractivity contribution in [1.82, 2.24) is 0 Å². The molecule has 0 saturated carbocycles. The van der Waals surface area contributed by atoms with Crippen molar-refractivity contribution in [2.24, 2.45) is 0 Å². The van der Waals surface area contributed by atoms with Gasteiger partial charge in [-0.1, -0.05) is 0 Å². The fourth-order valence-corrected chi connectivity index (χ4v) is 1.58. The molecule has 1 atom stereocenters. The highest BCUT2D eigenvalue weighted by molar-refractivity contribution is 7.80. The van der Waals surface area contributed by atoms with Gasteiger partial charge in [0.1, 0.15) is 5.75 Å². The molecular formula is C11H10F4O5S. The average Bonchev–Trinajstić information content (AvgIpc) is 2.38. The summed E-state index contributed by atoms with van der Waals surface area (Å²) < 4.78 is 74.2. The number of hydrogen-bond acceptors (Lipinski definition) is 4. The van der Waals surface area contributed by atoms with Crippen LogP contribution in [0, 0.1) is 0 Å². The zero-order chi connectivity index (χ0) is 16.3. The molecule has 0 amide bonds. The molecule has 21 heavy (non-hydrogen) atoms. The zero-order valence-corrected chi connectivity index (χ0v) is 11.1. The highest BCUT2D eigenvalue weighted by atomic mass is 32.2. The third-order valence-corrected chi connectivity index (χ3v) is 3.13. The first kappa shape index (κ1) is 17.4. The second kappa shape index (κ2) is 6.39. The Kier molecular flexibility index (Phi) is 5.29. The van der Waals surface area contributed by atoms with E-state index in [4.69, 9.17) is 9.66 Å². The summed E-state index contributed by atoms with van der Waals surface area (Å²) >= 11 is -4.05. The van der Waals surface area contributed by atoms with Crippen LogP contribution in [-0.2, 0) is 15.8 Å². The van der Waals surface area contributed by atoms with E-state index >= 15 is 0 Å². The van der Waals surface area contributed by atoms with Crippen LogP contribution in [-0.4, -0.2) is 37.6 Å². The molecule has 0 aliphatic carbocycles. The molecule has 0 spiro atoms. The van der Waals surface area contributed by atoms with Crippen LogP contribution >= 0.6 is 0 Å². The third-order valence-electron chi connectivity index (χ3n) is 2.40. The van der Waals surface area contributed by atoms with Gasteiger partial charge < -0.3 is 14.4 Å². The van der Waals surface area contributed by atoms with Crippen molar-refractivity contribution in [2.75, 3.05) is 6.61 Å². The number of phenolic OH excluding ortho intramolecular Hbond substituents is 1. The van der Waals surface area contributed by atoms with Crippen LogP contribution in [0.4, 0.5) is 17.6 Å². The second-order valence-corrected chi connectivity index (χ2v) is 4.91. The summed E-state index contributed by atoms with van der Waals surface area (Å²) in [5.41, 5.74) is -0.0754. The predicted molar refractivity (Wildman–Crippen MR) is 63.7 cm³/mol. The standard InChI is InChI=1S/C11H10F4O5S/c12-10(13,11(14,15)21(18)19)5-6-20-9(17)7-1-3-8(16)4-2-7/h1-4,16H,5-6H2,(H,18,19). The van der Waals surface area contributed by atoms with Gasteiger partial charge in [0, 0.05) is 0 Å². The third kappa shape index (κ3) is 4.14. The number of ether oxygens (including phenoxy) is 1. The van der Waals surface area contributed by atoms with Gasteiger partial charge >= 0.3 is 17.1 Å². The molecule has 1 rings (SSSR count). The van der Waals surface area contributed by atoms with E-state index in [1.165, 1.54) is 0 Å². The number of esters is 1. The molecule has 0 radical (unpaired) electrons. The molecule has 0 fully saturated rings. The van der Waals surface area contributed by atoms with Crippen molar-refractivity contribution < 1.29 is 41.0 Å². The van der Waals surface area contributed by atoms with Gasteiger partial charge in [-0.2, -0.15) is 17.6 Å². The molecule has 0 heterocycles. The van der Waals surface area contributed by atoms with Crippen molar-refractivity contribution in [3.8, 4) is 5.75 Å². The summed E-state index contributed by atoms with van der Waals surface area (Å²) in [5, 5.41) is 3.83. The largest absolute Gasteiger partial charge is 0.508 e. The first-order valence-electron chi connectivity index (χ1n) is 5.40. The highest BCUT2D eigenvalue weighted by Crippen LogP contribution is 2.38. The maximum absolute atomic E-state index is 13.0. The average molecular weight is 330 g/mol. The normalized spacial score (nSPS) is 13.8. The number of phenols is 1. The Labute approximate surface area is 118 Å². The molecule has 1 aromatic rings. The first-order valence-corrected chi connectivity index (χ1v) is 6.51. The molecule has 10 heteroatoms. The first-order chi connectivity index (χ1) is 9.58.